The van der Waals surface area contributed by atoms with Crippen LogP contribution in [0.1, 0.15) is 6.42 Å². The van der Waals surface area contributed by atoms with Gasteiger partial charge in [0.2, 0.25) is 0 Å². The van der Waals surface area contributed by atoms with Gasteiger partial charge in [0.1, 0.15) is 0 Å². The van der Waals surface area contributed by atoms with Crippen molar-refractivity contribution < 1.29 is 0 Å². The van der Waals surface area contributed by atoms with Crippen molar-refractivity contribution in [1.29, 1.82) is 0 Å². The van der Waals surface area contributed by atoms with Crippen LogP contribution in [0.3, 0.4) is 0 Å². The lowest BCUT2D eigenvalue weighted by molar-refractivity contribution is 0.279. The van der Waals surface area contributed by atoms with Crippen LogP contribution in [0.4, 0.5) is 0 Å². The second-order valence-corrected chi connectivity index (χ2v) is 4.18. The Labute approximate surface area is 96.5 Å². The lowest BCUT2D eigenvalue weighted by atomic mass is 10.4. The van der Waals surface area contributed by atoms with Crippen LogP contribution in [0.15, 0.2) is 11.6 Å². The molecule has 14 heavy (non-hydrogen) atoms. The molecule has 1 heterocycles. The zero-order chi connectivity index (χ0) is 10.2. The van der Waals surface area contributed by atoms with Crippen molar-refractivity contribution in [3.63, 3.8) is 0 Å². The molecule has 0 unspecified atom stereocenters. The maximum Gasteiger partial charge on any atom is 0.0351 e. The molecule has 1 aliphatic rings. The monoisotopic (exact) mass is 236 g/mol. The Hall–Kier alpha value is 0.240. The Morgan fingerprint density at radius 3 is 2.50 bits per heavy atom. The lowest BCUT2D eigenvalue weighted by Crippen LogP contribution is -2.31. The third-order valence-corrected chi connectivity index (χ3v) is 2.88. The van der Waals surface area contributed by atoms with Crippen LogP contribution < -0.4 is 0 Å². The Morgan fingerprint density at radius 2 is 1.79 bits per heavy atom. The van der Waals surface area contributed by atoms with E-state index in [1.54, 1.807) is 5.54 Å². The van der Waals surface area contributed by atoms with Crippen molar-refractivity contribution in [3.05, 3.63) is 11.6 Å². The number of rotatable bonds is 4. The van der Waals surface area contributed by atoms with Gasteiger partial charge in [0.15, 0.2) is 0 Å². The Morgan fingerprint density at radius 1 is 1.07 bits per heavy atom. The third kappa shape index (κ3) is 4.65. The zero-order valence-corrected chi connectivity index (χ0v) is 9.97. The quantitative estimate of drug-likeness (QED) is 0.690. The second kappa shape index (κ2) is 7.52. The van der Waals surface area contributed by atoms with Gasteiger partial charge in [-0.15, -0.1) is 11.6 Å². The Kier molecular flexibility index (Phi) is 6.61. The zero-order valence-electron chi connectivity index (χ0n) is 8.46. The fraction of sp³-hybridized carbons (Fsp3) is 0.800. The van der Waals surface area contributed by atoms with Crippen LogP contribution in [0.25, 0.3) is 0 Å². The molecule has 4 heteroatoms. The summed E-state index contributed by atoms with van der Waals surface area (Å²) in [5, 5.41) is 0. The van der Waals surface area contributed by atoms with E-state index in [9.17, 15) is 0 Å². The summed E-state index contributed by atoms with van der Waals surface area (Å²) in [7, 11) is 0. The Bertz CT molecular complexity index is 174. The fourth-order valence-electron chi connectivity index (χ4n) is 1.74. The van der Waals surface area contributed by atoms with Crippen molar-refractivity contribution in [1.82, 2.24) is 9.80 Å². The van der Waals surface area contributed by atoms with Crippen LogP contribution in [-0.4, -0.2) is 54.9 Å². The van der Waals surface area contributed by atoms with Crippen LogP contribution in [0, 0.1) is 0 Å². The minimum atomic E-state index is 0.738. The van der Waals surface area contributed by atoms with Crippen LogP contribution >= 0.6 is 23.2 Å². The molecule has 0 atom stereocenters. The predicted octanol–water partition coefficient (Wildman–Crippen LogP) is 1.99. The molecule has 82 valence electrons. The molecule has 2 nitrogen and oxygen atoms in total. The van der Waals surface area contributed by atoms with Gasteiger partial charge in [-0.2, -0.15) is 0 Å². The molecule has 0 aromatic rings. The van der Waals surface area contributed by atoms with Gasteiger partial charge in [0, 0.05) is 37.6 Å². The molecule has 0 aliphatic carbocycles. The number of hydrogen-bond acceptors (Lipinski definition) is 2. The van der Waals surface area contributed by atoms with E-state index in [1.807, 2.05) is 6.08 Å². The van der Waals surface area contributed by atoms with E-state index in [1.165, 1.54) is 19.5 Å². The molecule has 1 saturated heterocycles. The summed E-state index contributed by atoms with van der Waals surface area (Å²) in [6, 6.07) is 0. The van der Waals surface area contributed by atoms with E-state index < -0.39 is 0 Å². The molecule has 0 amide bonds. The van der Waals surface area contributed by atoms with Gasteiger partial charge in [0.25, 0.3) is 0 Å². The normalized spacial score (nSPS) is 21.6. The summed E-state index contributed by atoms with van der Waals surface area (Å²) in [4.78, 5) is 4.85. The topological polar surface area (TPSA) is 6.48 Å². The first kappa shape index (κ1) is 12.3. The van der Waals surface area contributed by atoms with E-state index in [0.717, 1.165) is 32.1 Å². The first-order valence-corrected chi connectivity index (χ1v) is 6.10. The van der Waals surface area contributed by atoms with E-state index in [-0.39, 0.29) is 0 Å². The first-order chi connectivity index (χ1) is 6.86. The van der Waals surface area contributed by atoms with Crippen LogP contribution in [0.5, 0.6) is 0 Å². The SMILES string of the molecule is Cl/C=C/CN1CCCN(CCCl)CC1. The summed E-state index contributed by atoms with van der Waals surface area (Å²) in [5.74, 6) is 0.738. The average molecular weight is 237 g/mol. The number of nitrogens with zero attached hydrogens (tertiary/aromatic N) is 2. The highest BCUT2D eigenvalue weighted by Crippen LogP contribution is 2.03. The predicted molar refractivity (Wildman–Crippen MR) is 63.2 cm³/mol. The van der Waals surface area contributed by atoms with Crippen molar-refractivity contribution in [2.45, 2.75) is 6.42 Å². The first-order valence-electron chi connectivity index (χ1n) is 5.12. The van der Waals surface area contributed by atoms with Crippen LogP contribution in [0.2, 0.25) is 0 Å². The molecule has 1 aliphatic heterocycles. The van der Waals surface area contributed by atoms with Crippen molar-refractivity contribution in [2.75, 3.05) is 45.1 Å². The molecule has 0 N–H and O–H groups in total. The highest BCUT2D eigenvalue weighted by molar-refractivity contribution is 6.25. The van der Waals surface area contributed by atoms with Gasteiger partial charge >= 0.3 is 0 Å². The molecule has 0 bridgehead atoms. The molecule has 0 saturated carbocycles. The smallest absolute Gasteiger partial charge is 0.0351 e. The van der Waals surface area contributed by atoms with Gasteiger partial charge in [0.05, 0.1) is 0 Å². The third-order valence-electron chi connectivity index (χ3n) is 2.53. The van der Waals surface area contributed by atoms with Gasteiger partial charge in [-0.05, 0) is 19.5 Å². The minimum absolute atomic E-state index is 0.738. The van der Waals surface area contributed by atoms with E-state index in [4.69, 9.17) is 23.2 Å². The molecule has 1 rings (SSSR count). The summed E-state index contributed by atoms with van der Waals surface area (Å²) in [6.45, 7) is 6.58. The Balaban J connectivity index is 2.25. The van der Waals surface area contributed by atoms with E-state index >= 15 is 0 Å². The average Bonchev–Trinajstić information content (AvgIpc) is 2.41. The number of alkyl halides is 1. The standard InChI is InChI=1S/C10H18Cl2N2/c11-3-1-5-13-6-2-7-14(8-4-12)10-9-13/h1,3H,2,4-10H2/b3-1+. The summed E-state index contributed by atoms with van der Waals surface area (Å²) in [5.41, 5.74) is 1.60. The number of hydrogen-bond donors (Lipinski definition) is 0. The molecule has 1 fully saturated rings. The van der Waals surface area contributed by atoms with Crippen molar-refractivity contribution >= 4 is 23.2 Å². The molecule has 0 spiro atoms. The molecular formula is C10H18Cl2N2. The largest absolute Gasteiger partial charge is 0.301 e. The highest BCUT2D eigenvalue weighted by atomic mass is 35.5. The maximum atomic E-state index is 5.72. The molecule has 0 radical (unpaired) electrons. The van der Waals surface area contributed by atoms with E-state index in [0.29, 0.717) is 0 Å². The molecule has 0 aromatic carbocycles. The molecule has 0 aromatic heterocycles. The van der Waals surface area contributed by atoms with E-state index in [2.05, 4.69) is 9.80 Å². The van der Waals surface area contributed by atoms with Crippen LogP contribution in [-0.2, 0) is 0 Å². The van der Waals surface area contributed by atoms with Crippen molar-refractivity contribution in [2.24, 2.45) is 0 Å². The maximum absolute atomic E-state index is 5.72. The van der Waals surface area contributed by atoms with Gasteiger partial charge in [-0.1, -0.05) is 17.7 Å². The van der Waals surface area contributed by atoms with Gasteiger partial charge in [-0.25, -0.2) is 0 Å². The van der Waals surface area contributed by atoms with Gasteiger partial charge in [-0.3, -0.25) is 4.90 Å². The summed E-state index contributed by atoms with van der Waals surface area (Å²) >= 11 is 11.2. The highest BCUT2D eigenvalue weighted by Gasteiger charge is 2.12. The number of halogens is 2. The second-order valence-electron chi connectivity index (χ2n) is 3.55. The minimum Gasteiger partial charge on any atom is -0.301 e. The lowest BCUT2D eigenvalue weighted by Gasteiger charge is -2.19. The molecular weight excluding hydrogens is 219 g/mol. The summed E-state index contributed by atoms with van der Waals surface area (Å²) in [6.07, 6.45) is 3.23. The summed E-state index contributed by atoms with van der Waals surface area (Å²) < 4.78 is 0. The fourth-order valence-corrected chi connectivity index (χ4v) is 2.06. The van der Waals surface area contributed by atoms with Gasteiger partial charge < -0.3 is 4.90 Å². The van der Waals surface area contributed by atoms with Crippen molar-refractivity contribution in [3.8, 4) is 0 Å².